The van der Waals surface area contributed by atoms with Crippen LogP contribution in [0.5, 0.6) is 0 Å². The van der Waals surface area contributed by atoms with E-state index in [-0.39, 0.29) is 0 Å². The van der Waals surface area contributed by atoms with Crippen molar-refractivity contribution in [3.8, 4) is 0 Å². The molecule has 0 heterocycles. The van der Waals surface area contributed by atoms with E-state index in [1.807, 2.05) is 19.1 Å². The molecule has 0 aliphatic rings. The summed E-state index contributed by atoms with van der Waals surface area (Å²) in [5.41, 5.74) is 1.08. The Balaban J connectivity index is 2.83. The van der Waals surface area contributed by atoms with Gasteiger partial charge in [0.1, 0.15) is 0 Å². The number of hydrogen-bond donors (Lipinski definition) is 1. The molecule has 0 amide bonds. The normalized spacial score (nSPS) is 10.8. The summed E-state index contributed by atoms with van der Waals surface area (Å²) < 4.78 is 4.29. The van der Waals surface area contributed by atoms with Crippen LogP contribution in [0.3, 0.4) is 0 Å². The van der Waals surface area contributed by atoms with Crippen molar-refractivity contribution in [2.75, 3.05) is 12.4 Å². The Bertz CT molecular complexity index is 451. The number of methoxy groups -OCH3 is 1. The van der Waals surface area contributed by atoms with Gasteiger partial charge in [0.25, 0.3) is 0 Å². The number of ether oxygens (including phenoxy) is 1. The van der Waals surface area contributed by atoms with Crippen LogP contribution in [0, 0.1) is 17.0 Å². The highest BCUT2D eigenvalue weighted by molar-refractivity contribution is 5.86. The third kappa shape index (κ3) is 3.60. The molecule has 0 bridgehead atoms. The molecular formula is C11H12N2O4. The minimum atomic E-state index is -0.991. The van der Waals surface area contributed by atoms with E-state index in [0.29, 0.717) is 5.69 Å². The second kappa shape index (κ2) is 5.64. The van der Waals surface area contributed by atoms with Gasteiger partial charge in [-0.05, 0) is 19.1 Å². The van der Waals surface area contributed by atoms with E-state index >= 15 is 0 Å². The minimum absolute atomic E-state index is 0.645. The van der Waals surface area contributed by atoms with Crippen LogP contribution in [0.2, 0.25) is 0 Å². The molecule has 0 saturated carbocycles. The molecule has 0 radical (unpaired) electrons. The van der Waals surface area contributed by atoms with Gasteiger partial charge in [0.05, 0.1) is 18.2 Å². The van der Waals surface area contributed by atoms with Crippen molar-refractivity contribution in [2.45, 2.75) is 6.92 Å². The predicted molar refractivity (Wildman–Crippen MR) is 61.9 cm³/mol. The first kappa shape index (κ1) is 12.7. The van der Waals surface area contributed by atoms with Crippen LogP contribution in [0.1, 0.15) is 5.56 Å². The second-order valence-electron chi connectivity index (χ2n) is 3.29. The van der Waals surface area contributed by atoms with Gasteiger partial charge in [-0.25, -0.2) is 4.79 Å². The summed E-state index contributed by atoms with van der Waals surface area (Å²) in [6.07, 6.45) is 1.01. The van der Waals surface area contributed by atoms with E-state index in [1.54, 1.807) is 12.1 Å². The van der Waals surface area contributed by atoms with E-state index in [9.17, 15) is 14.9 Å². The first-order chi connectivity index (χ1) is 8.04. The number of nitrogens with zero attached hydrogens (tertiary/aromatic N) is 1. The molecule has 6 heteroatoms. The lowest BCUT2D eigenvalue weighted by Gasteiger charge is -2.01. The SMILES string of the molecule is COC(=O)/C(=C\Nc1ccc(C)cc1)[N+](=O)[O-]. The zero-order valence-electron chi connectivity index (χ0n) is 9.47. The van der Waals surface area contributed by atoms with Crippen molar-refractivity contribution < 1.29 is 14.5 Å². The highest BCUT2D eigenvalue weighted by Crippen LogP contribution is 2.09. The topological polar surface area (TPSA) is 81.5 Å². The number of rotatable bonds is 4. The zero-order chi connectivity index (χ0) is 12.8. The van der Waals surface area contributed by atoms with E-state index in [4.69, 9.17) is 0 Å². The third-order valence-electron chi connectivity index (χ3n) is 2.02. The molecule has 6 nitrogen and oxygen atoms in total. The van der Waals surface area contributed by atoms with Crippen molar-refractivity contribution >= 4 is 11.7 Å². The van der Waals surface area contributed by atoms with Crippen LogP contribution in [-0.2, 0) is 9.53 Å². The van der Waals surface area contributed by atoms with Crippen molar-refractivity contribution in [1.82, 2.24) is 0 Å². The van der Waals surface area contributed by atoms with Crippen LogP contribution in [0.25, 0.3) is 0 Å². The van der Waals surface area contributed by atoms with E-state index in [2.05, 4.69) is 10.1 Å². The summed E-state index contributed by atoms with van der Waals surface area (Å²) in [6.45, 7) is 1.93. The number of esters is 1. The molecule has 1 aromatic carbocycles. The first-order valence-electron chi connectivity index (χ1n) is 4.80. The molecule has 1 aromatic rings. The summed E-state index contributed by atoms with van der Waals surface area (Å²) in [4.78, 5) is 20.8. The van der Waals surface area contributed by atoms with Crippen LogP contribution in [0.15, 0.2) is 36.2 Å². The minimum Gasteiger partial charge on any atom is -0.461 e. The predicted octanol–water partition coefficient (Wildman–Crippen LogP) is 1.70. The first-order valence-corrected chi connectivity index (χ1v) is 4.80. The average molecular weight is 236 g/mol. The Hall–Kier alpha value is -2.37. The van der Waals surface area contributed by atoms with Crippen LogP contribution in [-0.4, -0.2) is 18.0 Å². The lowest BCUT2D eigenvalue weighted by Crippen LogP contribution is -2.14. The summed E-state index contributed by atoms with van der Waals surface area (Å²) in [5.74, 6) is -0.991. The Labute approximate surface area is 98.0 Å². The van der Waals surface area contributed by atoms with Crippen molar-refractivity contribution in [2.24, 2.45) is 0 Å². The molecule has 0 spiro atoms. The van der Waals surface area contributed by atoms with Gasteiger partial charge in [-0.15, -0.1) is 0 Å². The maximum absolute atomic E-state index is 11.1. The summed E-state index contributed by atoms with van der Waals surface area (Å²) >= 11 is 0. The molecule has 0 aromatic heterocycles. The van der Waals surface area contributed by atoms with Gasteiger partial charge in [-0.1, -0.05) is 17.7 Å². The number of carbonyl (C=O) groups excluding carboxylic acids is 1. The standard InChI is InChI=1S/C11H12N2O4/c1-8-3-5-9(6-4-8)12-7-10(13(15)16)11(14)17-2/h3-7,12H,1-2H3/b10-7+. The van der Waals surface area contributed by atoms with Gasteiger partial charge >= 0.3 is 11.7 Å². The Morgan fingerprint density at radius 3 is 2.47 bits per heavy atom. The summed E-state index contributed by atoms with van der Waals surface area (Å²) in [7, 11) is 1.09. The van der Waals surface area contributed by atoms with E-state index in [1.165, 1.54) is 0 Å². The zero-order valence-corrected chi connectivity index (χ0v) is 9.47. The molecule has 0 unspecified atom stereocenters. The molecule has 0 aliphatic carbocycles. The number of anilines is 1. The fourth-order valence-corrected chi connectivity index (χ4v) is 1.09. The number of hydrogen-bond acceptors (Lipinski definition) is 5. The maximum Gasteiger partial charge on any atom is 0.411 e. The largest absolute Gasteiger partial charge is 0.461 e. The second-order valence-corrected chi connectivity index (χ2v) is 3.29. The molecule has 1 rings (SSSR count). The monoisotopic (exact) mass is 236 g/mol. The van der Waals surface area contributed by atoms with Crippen LogP contribution in [0.4, 0.5) is 5.69 Å². The van der Waals surface area contributed by atoms with Gasteiger partial charge in [0, 0.05) is 5.69 Å². The van der Waals surface area contributed by atoms with Crippen LogP contribution >= 0.6 is 0 Å². The molecule has 0 fully saturated rings. The Kier molecular flexibility index (Phi) is 4.21. The van der Waals surface area contributed by atoms with Gasteiger partial charge in [0.2, 0.25) is 0 Å². The number of benzene rings is 1. The number of carbonyl (C=O) groups is 1. The van der Waals surface area contributed by atoms with E-state index < -0.39 is 16.6 Å². The molecule has 0 aliphatic heterocycles. The van der Waals surface area contributed by atoms with Gasteiger partial charge < -0.3 is 10.1 Å². The summed E-state index contributed by atoms with van der Waals surface area (Å²) in [5, 5.41) is 13.2. The van der Waals surface area contributed by atoms with E-state index in [0.717, 1.165) is 18.9 Å². The third-order valence-corrected chi connectivity index (χ3v) is 2.02. The molecule has 0 saturated heterocycles. The summed E-state index contributed by atoms with van der Waals surface area (Å²) in [6, 6.07) is 7.20. The molecular weight excluding hydrogens is 224 g/mol. The smallest absolute Gasteiger partial charge is 0.411 e. The number of nitrogens with one attached hydrogen (secondary N) is 1. The highest BCUT2D eigenvalue weighted by atomic mass is 16.6. The Morgan fingerprint density at radius 2 is 2.00 bits per heavy atom. The van der Waals surface area contributed by atoms with Gasteiger partial charge in [-0.3, -0.25) is 10.1 Å². The quantitative estimate of drug-likeness (QED) is 0.372. The van der Waals surface area contributed by atoms with Crippen molar-refractivity contribution in [1.29, 1.82) is 0 Å². The van der Waals surface area contributed by atoms with Crippen LogP contribution < -0.4 is 5.32 Å². The molecule has 17 heavy (non-hydrogen) atoms. The number of aryl methyl sites for hydroxylation is 1. The molecule has 1 N–H and O–H groups in total. The Morgan fingerprint density at radius 1 is 1.41 bits per heavy atom. The fraction of sp³-hybridized carbons (Fsp3) is 0.182. The highest BCUT2D eigenvalue weighted by Gasteiger charge is 2.22. The van der Waals surface area contributed by atoms with Gasteiger partial charge in [0.15, 0.2) is 0 Å². The van der Waals surface area contributed by atoms with Crippen molar-refractivity contribution in [3.63, 3.8) is 0 Å². The lowest BCUT2D eigenvalue weighted by molar-refractivity contribution is -0.421. The maximum atomic E-state index is 11.1. The van der Waals surface area contributed by atoms with Crippen molar-refractivity contribution in [3.05, 3.63) is 51.8 Å². The lowest BCUT2D eigenvalue weighted by atomic mass is 10.2. The molecule has 90 valence electrons. The van der Waals surface area contributed by atoms with Gasteiger partial charge in [-0.2, -0.15) is 0 Å². The average Bonchev–Trinajstić information content (AvgIpc) is 2.31. The number of nitro groups is 1. The molecule has 0 atom stereocenters. The fourth-order valence-electron chi connectivity index (χ4n) is 1.09.